The Hall–Kier alpha value is -2.64. The minimum atomic E-state index is -0.386. The lowest BCUT2D eigenvalue weighted by Crippen LogP contribution is -2.36. The first kappa shape index (κ1) is 17.2. The number of aromatic hydroxyl groups is 1. The third-order valence-electron chi connectivity index (χ3n) is 3.40. The summed E-state index contributed by atoms with van der Waals surface area (Å²) in [5, 5.41) is 12.1. The molecule has 0 saturated carbocycles. The summed E-state index contributed by atoms with van der Waals surface area (Å²) in [5.41, 5.74) is 1.35. The van der Waals surface area contributed by atoms with Crippen LogP contribution >= 0.6 is 24.0 Å². The van der Waals surface area contributed by atoms with E-state index >= 15 is 0 Å². The molecule has 0 unspecified atom stereocenters. The number of carbonyl (C=O) groups is 2. The van der Waals surface area contributed by atoms with Gasteiger partial charge in [0.25, 0.3) is 5.91 Å². The van der Waals surface area contributed by atoms with E-state index in [1.165, 1.54) is 28.8 Å². The summed E-state index contributed by atoms with van der Waals surface area (Å²) in [7, 11) is 0. The lowest BCUT2D eigenvalue weighted by Gasteiger charge is -2.14. The fourth-order valence-electron chi connectivity index (χ4n) is 2.26. The number of thiocarbonyl (C=S) groups is 1. The monoisotopic (exact) mass is 370 g/mol. The molecule has 1 saturated heterocycles. The summed E-state index contributed by atoms with van der Waals surface area (Å²) in [6, 6.07) is 15.6. The summed E-state index contributed by atoms with van der Waals surface area (Å²) in [4.78, 5) is 26.4. The van der Waals surface area contributed by atoms with E-state index in [1.807, 2.05) is 30.3 Å². The molecule has 0 radical (unpaired) electrons. The second-order valence-electron chi connectivity index (χ2n) is 5.28. The van der Waals surface area contributed by atoms with Crippen LogP contribution in [0.25, 0.3) is 6.08 Å². The van der Waals surface area contributed by atoms with E-state index in [9.17, 15) is 14.7 Å². The van der Waals surface area contributed by atoms with Crippen molar-refractivity contribution in [1.29, 1.82) is 0 Å². The van der Waals surface area contributed by atoms with Gasteiger partial charge in [-0.05, 0) is 23.8 Å². The number of hydrogen-bond donors (Lipinski definition) is 2. The number of amides is 2. The van der Waals surface area contributed by atoms with Gasteiger partial charge in [0.15, 0.2) is 0 Å². The van der Waals surface area contributed by atoms with Gasteiger partial charge in [0, 0.05) is 11.8 Å². The van der Waals surface area contributed by atoms with Crippen molar-refractivity contribution in [1.82, 2.24) is 4.90 Å². The van der Waals surface area contributed by atoms with Gasteiger partial charge in [0.05, 0.1) is 4.91 Å². The van der Waals surface area contributed by atoms with Crippen molar-refractivity contribution in [3.63, 3.8) is 0 Å². The summed E-state index contributed by atoms with van der Waals surface area (Å²) >= 11 is 6.40. The Kier molecular flexibility index (Phi) is 5.16. The van der Waals surface area contributed by atoms with Crippen molar-refractivity contribution in [3.05, 3.63) is 65.1 Å². The molecular weight excluding hydrogens is 356 g/mol. The average molecular weight is 370 g/mol. The molecule has 2 amide bonds. The molecule has 5 nitrogen and oxygen atoms in total. The summed E-state index contributed by atoms with van der Waals surface area (Å²) in [6.07, 6.45) is 1.76. The zero-order chi connectivity index (χ0) is 17.8. The fraction of sp³-hybridized carbons (Fsp3) is 0.0556. The first-order valence-corrected chi connectivity index (χ1v) is 8.65. The van der Waals surface area contributed by atoms with E-state index in [4.69, 9.17) is 12.2 Å². The number of thioether (sulfide) groups is 1. The normalized spacial score (nSPS) is 15.7. The smallest absolute Gasteiger partial charge is 0.266 e. The summed E-state index contributed by atoms with van der Waals surface area (Å²) in [5.74, 6) is -0.623. The van der Waals surface area contributed by atoms with Crippen molar-refractivity contribution in [2.24, 2.45) is 0 Å². The highest BCUT2D eigenvalue weighted by molar-refractivity contribution is 8.26. The highest BCUT2D eigenvalue weighted by atomic mass is 32.2. The maximum absolute atomic E-state index is 12.5. The molecule has 0 aromatic heterocycles. The number of nitrogens with one attached hydrogen (secondary N) is 1. The molecule has 1 aliphatic rings. The number of rotatable bonds is 4. The number of phenolic OH excluding ortho intramolecular Hbond substituents is 1. The van der Waals surface area contributed by atoms with Gasteiger partial charge >= 0.3 is 0 Å². The van der Waals surface area contributed by atoms with Crippen LogP contribution in [-0.4, -0.2) is 32.7 Å². The van der Waals surface area contributed by atoms with E-state index in [2.05, 4.69) is 5.32 Å². The van der Waals surface area contributed by atoms with Gasteiger partial charge in [-0.25, -0.2) is 0 Å². The number of nitrogens with zero attached hydrogens (tertiary/aromatic N) is 1. The van der Waals surface area contributed by atoms with Gasteiger partial charge in [-0.1, -0.05) is 60.4 Å². The van der Waals surface area contributed by atoms with Crippen LogP contribution in [0.4, 0.5) is 5.69 Å². The summed E-state index contributed by atoms with van der Waals surface area (Å²) in [6.45, 7) is -0.174. The second-order valence-corrected chi connectivity index (χ2v) is 6.95. The number of benzene rings is 2. The van der Waals surface area contributed by atoms with Gasteiger partial charge in [-0.15, -0.1) is 0 Å². The number of carbonyl (C=O) groups excluding carboxylic acids is 2. The van der Waals surface area contributed by atoms with Crippen LogP contribution in [0.15, 0.2) is 59.5 Å². The molecule has 0 aliphatic carbocycles. The largest absolute Gasteiger partial charge is 0.508 e. The summed E-state index contributed by atoms with van der Waals surface area (Å²) < 4.78 is 0.346. The van der Waals surface area contributed by atoms with Crippen LogP contribution < -0.4 is 5.32 Å². The Morgan fingerprint density at radius 2 is 1.96 bits per heavy atom. The predicted molar refractivity (Wildman–Crippen MR) is 103 cm³/mol. The van der Waals surface area contributed by atoms with Crippen molar-refractivity contribution in [2.75, 3.05) is 11.9 Å². The minimum Gasteiger partial charge on any atom is -0.508 e. The topological polar surface area (TPSA) is 69.6 Å². The van der Waals surface area contributed by atoms with Crippen LogP contribution in [0.2, 0.25) is 0 Å². The fourth-order valence-corrected chi connectivity index (χ4v) is 3.52. The molecule has 7 heteroatoms. The Morgan fingerprint density at radius 1 is 1.20 bits per heavy atom. The lowest BCUT2D eigenvalue weighted by atomic mass is 10.2. The van der Waals surface area contributed by atoms with E-state index in [1.54, 1.807) is 18.2 Å². The quantitative estimate of drug-likeness (QED) is 0.639. The Bertz CT molecular complexity index is 866. The minimum absolute atomic E-state index is 0.0502. The maximum Gasteiger partial charge on any atom is 0.266 e. The molecule has 1 aliphatic heterocycles. The molecule has 1 heterocycles. The van der Waals surface area contributed by atoms with Gasteiger partial charge in [-0.3, -0.25) is 14.5 Å². The highest BCUT2D eigenvalue weighted by Crippen LogP contribution is 2.32. The van der Waals surface area contributed by atoms with Crippen LogP contribution in [0, 0.1) is 0 Å². The number of anilines is 1. The van der Waals surface area contributed by atoms with Crippen LogP contribution in [-0.2, 0) is 9.59 Å². The molecule has 3 rings (SSSR count). The number of hydrogen-bond acceptors (Lipinski definition) is 5. The number of phenols is 1. The third kappa shape index (κ3) is 4.26. The lowest BCUT2D eigenvalue weighted by molar-refractivity contribution is -0.126. The van der Waals surface area contributed by atoms with Crippen LogP contribution in [0.3, 0.4) is 0 Å². The Balaban J connectivity index is 1.68. The Morgan fingerprint density at radius 3 is 2.68 bits per heavy atom. The van der Waals surface area contributed by atoms with E-state index < -0.39 is 0 Å². The SMILES string of the molecule is O=C(CN1C(=O)/C(=C\c2ccccc2)SC1=S)Nc1cccc(O)c1. The molecule has 2 N–H and O–H groups in total. The first-order chi connectivity index (χ1) is 12.0. The molecule has 0 spiro atoms. The first-order valence-electron chi connectivity index (χ1n) is 7.42. The molecule has 0 atom stereocenters. The highest BCUT2D eigenvalue weighted by Gasteiger charge is 2.33. The standard InChI is InChI=1S/C18H14N2O3S2/c21-14-8-4-7-13(10-14)19-16(22)11-20-17(23)15(25-18(20)24)9-12-5-2-1-3-6-12/h1-10,21H,11H2,(H,19,22)/b15-9+. The van der Waals surface area contributed by atoms with Crippen molar-refractivity contribution < 1.29 is 14.7 Å². The molecule has 2 aromatic carbocycles. The second kappa shape index (κ2) is 7.50. The van der Waals surface area contributed by atoms with Crippen LogP contribution in [0.5, 0.6) is 5.75 Å². The maximum atomic E-state index is 12.5. The van der Waals surface area contributed by atoms with Gasteiger partial charge in [0.2, 0.25) is 5.91 Å². The molecule has 126 valence electrons. The average Bonchev–Trinajstić information content (AvgIpc) is 2.83. The van der Waals surface area contributed by atoms with Crippen molar-refractivity contribution in [3.8, 4) is 5.75 Å². The third-order valence-corrected chi connectivity index (χ3v) is 4.78. The molecule has 1 fully saturated rings. The van der Waals surface area contributed by atoms with Gasteiger partial charge in [0.1, 0.15) is 16.6 Å². The zero-order valence-corrected chi connectivity index (χ0v) is 14.6. The van der Waals surface area contributed by atoms with Crippen molar-refractivity contribution >= 4 is 51.9 Å². The predicted octanol–water partition coefficient (Wildman–Crippen LogP) is 3.23. The van der Waals surface area contributed by atoms with Crippen molar-refractivity contribution in [2.45, 2.75) is 0 Å². The van der Waals surface area contributed by atoms with Gasteiger partial charge < -0.3 is 10.4 Å². The Labute approximate surface area is 154 Å². The molecular formula is C18H14N2O3S2. The zero-order valence-electron chi connectivity index (χ0n) is 13.0. The van der Waals surface area contributed by atoms with Gasteiger partial charge in [-0.2, -0.15) is 0 Å². The van der Waals surface area contributed by atoms with E-state index in [0.29, 0.717) is 14.9 Å². The van der Waals surface area contributed by atoms with Crippen LogP contribution in [0.1, 0.15) is 5.56 Å². The van der Waals surface area contributed by atoms with E-state index in [0.717, 1.165) is 5.56 Å². The molecule has 0 bridgehead atoms. The molecule has 25 heavy (non-hydrogen) atoms. The van der Waals surface area contributed by atoms with E-state index in [-0.39, 0.29) is 24.1 Å². The molecule has 2 aromatic rings.